The first-order chi connectivity index (χ1) is 7.77. The molecular weight excluding hydrogens is 232 g/mol. The second kappa shape index (κ2) is 5.38. The molecule has 17 heavy (non-hydrogen) atoms. The summed E-state index contributed by atoms with van der Waals surface area (Å²) < 4.78 is 0. The summed E-state index contributed by atoms with van der Waals surface area (Å²) >= 11 is 5.90. The predicted octanol–water partition coefficient (Wildman–Crippen LogP) is 2.94. The molecule has 0 aromatic heterocycles. The van der Waals surface area contributed by atoms with Crippen molar-refractivity contribution in [2.75, 3.05) is 13.1 Å². The lowest BCUT2D eigenvalue weighted by Crippen LogP contribution is -2.50. The lowest BCUT2D eigenvalue weighted by atomic mass is 9.84. The van der Waals surface area contributed by atoms with Gasteiger partial charge < -0.3 is 11.1 Å². The molecule has 0 bridgehead atoms. The van der Waals surface area contributed by atoms with E-state index >= 15 is 0 Å². The Morgan fingerprint density at radius 1 is 1.12 bits per heavy atom. The van der Waals surface area contributed by atoms with Crippen molar-refractivity contribution in [2.24, 2.45) is 5.73 Å². The molecule has 0 spiro atoms. The number of benzene rings is 1. The lowest BCUT2D eigenvalue weighted by molar-refractivity contribution is 0.347. The molecule has 1 aromatic carbocycles. The van der Waals surface area contributed by atoms with Gasteiger partial charge in [0.05, 0.1) is 0 Å². The minimum absolute atomic E-state index is 0.0241. The fourth-order valence-electron chi connectivity index (χ4n) is 1.54. The highest BCUT2D eigenvalue weighted by molar-refractivity contribution is 6.30. The highest BCUT2D eigenvalue weighted by Crippen LogP contribution is 2.24. The monoisotopic (exact) mass is 254 g/mol. The van der Waals surface area contributed by atoms with Crippen LogP contribution in [0.5, 0.6) is 0 Å². The third kappa shape index (κ3) is 4.30. The predicted molar refractivity (Wildman–Crippen MR) is 75.6 cm³/mol. The fraction of sp³-hybridized carbons (Fsp3) is 0.571. The summed E-state index contributed by atoms with van der Waals surface area (Å²) in [5, 5.41) is 4.28. The van der Waals surface area contributed by atoms with Crippen LogP contribution in [0.15, 0.2) is 24.3 Å². The third-order valence-electron chi connectivity index (χ3n) is 3.14. The molecule has 3 N–H and O–H groups in total. The number of rotatable bonds is 5. The van der Waals surface area contributed by atoms with Gasteiger partial charge in [0.25, 0.3) is 0 Å². The Hall–Kier alpha value is -0.570. The van der Waals surface area contributed by atoms with Crippen LogP contribution in [0.25, 0.3) is 0 Å². The average molecular weight is 255 g/mol. The summed E-state index contributed by atoms with van der Waals surface area (Å²) in [6.07, 6.45) is 0. The van der Waals surface area contributed by atoms with Crippen molar-refractivity contribution >= 4 is 11.6 Å². The Bertz CT molecular complexity index is 355. The first-order valence-electron chi connectivity index (χ1n) is 5.98. The van der Waals surface area contributed by atoms with Gasteiger partial charge in [-0.3, -0.25) is 0 Å². The number of nitrogens with one attached hydrogen (secondary N) is 1. The molecule has 0 unspecified atom stereocenters. The third-order valence-corrected chi connectivity index (χ3v) is 3.40. The maximum atomic E-state index is 5.90. The van der Waals surface area contributed by atoms with Crippen molar-refractivity contribution in [2.45, 2.75) is 38.6 Å². The van der Waals surface area contributed by atoms with Gasteiger partial charge in [-0.2, -0.15) is 0 Å². The van der Waals surface area contributed by atoms with Gasteiger partial charge >= 0.3 is 0 Å². The molecule has 0 aliphatic rings. The van der Waals surface area contributed by atoms with E-state index in [9.17, 15) is 0 Å². The molecule has 1 rings (SSSR count). The number of halogens is 1. The van der Waals surface area contributed by atoms with Gasteiger partial charge in [-0.05, 0) is 31.5 Å². The first-order valence-corrected chi connectivity index (χ1v) is 6.36. The van der Waals surface area contributed by atoms with Crippen molar-refractivity contribution < 1.29 is 0 Å². The van der Waals surface area contributed by atoms with Crippen LogP contribution in [0.3, 0.4) is 0 Å². The standard InChI is InChI=1S/C14H23ClN2/c1-13(2,10-17-14(3,4)9-16)11-5-7-12(15)8-6-11/h5-8,17H,9-10,16H2,1-4H3. The molecule has 0 amide bonds. The van der Waals surface area contributed by atoms with E-state index in [-0.39, 0.29) is 11.0 Å². The lowest BCUT2D eigenvalue weighted by Gasteiger charge is -2.32. The van der Waals surface area contributed by atoms with E-state index in [1.165, 1.54) is 5.56 Å². The van der Waals surface area contributed by atoms with Gasteiger partial charge in [-0.1, -0.05) is 37.6 Å². The molecule has 1 aromatic rings. The van der Waals surface area contributed by atoms with Crippen molar-refractivity contribution in [3.8, 4) is 0 Å². The van der Waals surface area contributed by atoms with Crippen LogP contribution in [0.1, 0.15) is 33.3 Å². The minimum Gasteiger partial charge on any atom is -0.329 e. The molecule has 0 aliphatic carbocycles. The maximum absolute atomic E-state index is 5.90. The van der Waals surface area contributed by atoms with Crippen LogP contribution < -0.4 is 11.1 Å². The minimum atomic E-state index is -0.0241. The van der Waals surface area contributed by atoms with Crippen LogP contribution in [-0.4, -0.2) is 18.6 Å². The summed E-state index contributed by atoms with van der Waals surface area (Å²) in [4.78, 5) is 0. The van der Waals surface area contributed by atoms with Crippen molar-refractivity contribution in [3.05, 3.63) is 34.9 Å². The second-order valence-electron chi connectivity index (χ2n) is 5.83. The first kappa shape index (κ1) is 14.5. The number of hydrogen-bond acceptors (Lipinski definition) is 2. The van der Waals surface area contributed by atoms with E-state index in [2.05, 4.69) is 45.1 Å². The number of hydrogen-bond donors (Lipinski definition) is 2. The summed E-state index contributed by atoms with van der Waals surface area (Å²) in [6, 6.07) is 8.04. The number of nitrogens with two attached hydrogens (primary N) is 1. The topological polar surface area (TPSA) is 38.0 Å². The fourth-order valence-corrected chi connectivity index (χ4v) is 1.66. The molecule has 0 saturated heterocycles. The molecule has 0 atom stereocenters. The van der Waals surface area contributed by atoms with Gasteiger partial charge in [0.2, 0.25) is 0 Å². The Labute approximate surface area is 110 Å². The van der Waals surface area contributed by atoms with Gasteiger partial charge in [0.15, 0.2) is 0 Å². The van der Waals surface area contributed by atoms with Crippen LogP contribution in [-0.2, 0) is 5.41 Å². The molecule has 0 aliphatic heterocycles. The van der Waals surface area contributed by atoms with E-state index < -0.39 is 0 Å². The Morgan fingerprint density at radius 2 is 1.65 bits per heavy atom. The molecule has 96 valence electrons. The molecule has 0 fully saturated rings. The summed E-state index contributed by atoms with van der Waals surface area (Å²) in [6.45, 7) is 10.2. The van der Waals surface area contributed by atoms with Crippen LogP contribution in [0.4, 0.5) is 0 Å². The highest BCUT2D eigenvalue weighted by atomic mass is 35.5. The van der Waals surface area contributed by atoms with Crippen LogP contribution in [0, 0.1) is 0 Å². The smallest absolute Gasteiger partial charge is 0.0406 e. The second-order valence-corrected chi connectivity index (χ2v) is 6.27. The Morgan fingerprint density at radius 3 is 2.12 bits per heavy atom. The molecule has 0 heterocycles. The zero-order valence-electron chi connectivity index (χ0n) is 11.2. The summed E-state index contributed by atoms with van der Waals surface area (Å²) in [5.74, 6) is 0. The van der Waals surface area contributed by atoms with E-state index in [4.69, 9.17) is 17.3 Å². The van der Waals surface area contributed by atoms with Gasteiger partial charge in [-0.15, -0.1) is 0 Å². The van der Waals surface area contributed by atoms with Crippen molar-refractivity contribution in [3.63, 3.8) is 0 Å². The SMILES string of the molecule is CC(C)(CN)NCC(C)(C)c1ccc(Cl)cc1. The van der Waals surface area contributed by atoms with Gasteiger partial charge in [0, 0.05) is 29.1 Å². The molecule has 0 radical (unpaired) electrons. The van der Waals surface area contributed by atoms with E-state index in [0.29, 0.717) is 6.54 Å². The quantitative estimate of drug-likeness (QED) is 0.848. The Kier molecular flexibility index (Phi) is 4.59. The van der Waals surface area contributed by atoms with E-state index in [1.807, 2.05) is 12.1 Å². The Balaban J connectivity index is 2.71. The molecule has 2 nitrogen and oxygen atoms in total. The maximum Gasteiger partial charge on any atom is 0.0406 e. The van der Waals surface area contributed by atoms with E-state index in [1.54, 1.807) is 0 Å². The highest BCUT2D eigenvalue weighted by Gasteiger charge is 2.24. The van der Waals surface area contributed by atoms with E-state index in [0.717, 1.165) is 11.6 Å². The van der Waals surface area contributed by atoms with Crippen LogP contribution in [0.2, 0.25) is 5.02 Å². The molecule has 3 heteroatoms. The van der Waals surface area contributed by atoms with Crippen LogP contribution >= 0.6 is 11.6 Å². The van der Waals surface area contributed by atoms with Gasteiger partial charge in [0.1, 0.15) is 0 Å². The van der Waals surface area contributed by atoms with Crippen molar-refractivity contribution in [1.82, 2.24) is 5.32 Å². The zero-order valence-corrected chi connectivity index (χ0v) is 11.9. The zero-order chi connectivity index (χ0) is 13.1. The van der Waals surface area contributed by atoms with Gasteiger partial charge in [-0.25, -0.2) is 0 Å². The largest absolute Gasteiger partial charge is 0.329 e. The average Bonchev–Trinajstić information content (AvgIpc) is 2.27. The summed E-state index contributed by atoms with van der Waals surface area (Å²) in [5.41, 5.74) is 7.04. The summed E-state index contributed by atoms with van der Waals surface area (Å²) in [7, 11) is 0. The molecule has 0 saturated carbocycles. The normalized spacial score (nSPS) is 12.8. The molecular formula is C14H23ClN2. The van der Waals surface area contributed by atoms with Crippen molar-refractivity contribution in [1.29, 1.82) is 0 Å².